The maximum Gasteiger partial charge on any atom is 0.129 e. The third-order valence-electron chi connectivity index (χ3n) is 4.80. The van der Waals surface area contributed by atoms with Gasteiger partial charge in [0.05, 0.1) is 17.1 Å². The Bertz CT molecular complexity index is 971. The van der Waals surface area contributed by atoms with Crippen molar-refractivity contribution in [1.29, 1.82) is 5.26 Å². The highest BCUT2D eigenvalue weighted by Crippen LogP contribution is 2.22. The molecule has 0 aliphatic carbocycles. The van der Waals surface area contributed by atoms with Crippen molar-refractivity contribution in [2.24, 2.45) is 0 Å². The third-order valence-corrected chi connectivity index (χ3v) is 5.03. The zero-order valence-corrected chi connectivity index (χ0v) is 15.2. The number of fused-ring (bicyclic) bond motifs is 1. The van der Waals surface area contributed by atoms with E-state index in [0.29, 0.717) is 0 Å². The number of benzene rings is 2. The molecule has 0 unspecified atom stereocenters. The first-order valence-corrected chi connectivity index (χ1v) is 9.12. The second kappa shape index (κ2) is 7.33. The molecule has 5 heteroatoms. The average Bonchev–Trinajstić information content (AvgIpc) is 2.68. The molecule has 1 aromatic heterocycles. The maximum absolute atomic E-state index is 9.03. The number of nitrogens with zero attached hydrogens (tertiary/aromatic N) is 4. The standard InChI is InChI=1S/C21H19ClN4/c22-19-5-6-20-18(13-19)4-7-21(24-20)26-10-8-25(9-11-26)15-17-3-1-2-16(12-17)14-23/h1-7,12-13H,8-11,15H2. The molecule has 1 aliphatic heterocycles. The van der Waals surface area contributed by atoms with Crippen LogP contribution in [0, 0.1) is 11.3 Å². The SMILES string of the molecule is N#Cc1cccc(CN2CCN(c3ccc4cc(Cl)ccc4n3)CC2)c1. The van der Waals surface area contributed by atoms with Gasteiger partial charge in [-0.25, -0.2) is 4.98 Å². The van der Waals surface area contributed by atoms with Gasteiger partial charge in [-0.3, -0.25) is 4.90 Å². The molecule has 0 saturated carbocycles. The summed E-state index contributed by atoms with van der Waals surface area (Å²) in [4.78, 5) is 9.54. The molecule has 0 spiro atoms. The molecule has 0 radical (unpaired) electrons. The summed E-state index contributed by atoms with van der Waals surface area (Å²) < 4.78 is 0. The van der Waals surface area contributed by atoms with Crippen LogP contribution in [0.2, 0.25) is 5.02 Å². The fourth-order valence-corrected chi connectivity index (χ4v) is 3.57. The molecule has 130 valence electrons. The molecule has 1 fully saturated rings. The van der Waals surface area contributed by atoms with Crippen LogP contribution >= 0.6 is 11.6 Å². The Hall–Kier alpha value is -2.61. The fraction of sp³-hybridized carbons (Fsp3) is 0.238. The summed E-state index contributed by atoms with van der Waals surface area (Å²) in [6.45, 7) is 4.75. The van der Waals surface area contributed by atoms with Crippen molar-refractivity contribution in [1.82, 2.24) is 9.88 Å². The number of rotatable bonds is 3. The van der Waals surface area contributed by atoms with E-state index < -0.39 is 0 Å². The number of anilines is 1. The number of hydrogen-bond acceptors (Lipinski definition) is 4. The molecule has 2 heterocycles. The molecule has 1 saturated heterocycles. The highest BCUT2D eigenvalue weighted by atomic mass is 35.5. The molecular formula is C21H19ClN4. The molecular weight excluding hydrogens is 344 g/mol. The van der Waals surface area contributed by atoms with Crippen molar-refractivity contribution >= 4 is 28.3 Å². The lowest BCUT2D eigenvalue weighted by Crippen LogP contribution is -2.46. The van der Waals surface area contributed by atoms with Gasteiger partial charge in [-0.15, -0.1) is 0 Å². The lowest BCUT2D eigenvalue weighted by atomic mass is 10.1. The van der Waals surface area contributed by atoms with Crippen LogP contribution in [0.1, 0.15) is 11.1 Å². The van der Waals surface area contributed by atoms with E-state index >= 15 is 0 Å². The predicted octanol–water partition coefficient (Wildman–Crippen LogP) is 4.08. The minimum Gasteiger partial charge on any atom is -0.354 e. The van der Waals surface area contributed by atoms with Crippen molar-refractivity contribution < 1.29 is 0 Å². The Morgan fingerprint density at radius 1 is 1.00 bits per heavy atom. The number of nitriles is 1. The van der Waals surface area contributed by atoms with E-state index in [-0.39, 0.29) is 0 Å². The van der Waals surface area contributed by atoms with Crippen LogP contribution in [0.4, 0.5) is 5.82 Å². The Morgan fingerprint density at radius 2 is 1.85 bits per heavy atom. The molecule has 2 aromatic carbocycles. The van der Waals surface area contributed by atoms with Crippen molar-refractivity contribution in [3.8, 4) is 6.07 Å². The van der Waals surface area contributed by atoms with Crippen LogP contribution in [0.25, 0.3) is 10.9 Å². The third kappa shape index (κ3) is 3.65. The van der Waals surface area contributed by atoms with Gasteiger partial charge in [0.25, 0.3) is 0 Å². The van der Waals surface area contributed by atoms with Gasteiger partial charge in [0, 0.05) is 43.1 Å². The van der Waals surface area contributed by atoms with Crippen molar-refractivity contribution in [2.45, 2.75) is 6.54 Å². The van der Waals surface area contributed by atoms with Crippen LogP contribution in [0.15, 0.2) is 54.6 Å². The summed E-state index contributed by atoms with van der Waals surface area (Å²) in [5.41, 5.74) is 2.89. The maximum atomic E-state index is 9.03. The van der Waals surface area contributed by atoms with E-state index in [9.17, 15) is 0 Å². The van der Waals surface area contributed by atoms with Crippen molar-refractivity contribution in [3.05, 3.63) is 70.7 Å². The highest BCUT2D eigenvalue weighted by molar-refractivity contribution is 6.31. The Kier molecular flexibility index (Phi) is 4.75. The van der Waals surface area contributed by atoms with Crippen molar-refractivity contribution in [3.63, 3.8) is 0 Å². The molecule has 3 aromatic rings. The van der Waals surface area contributed by atoms with Gasteiger partial charge < -0.3 is 4.90 Å². The lowest BCUT2D eigenvalue weighted by molar-refractivity contribution is 0.249. The normalized spacial score (nSPS) is 15.2. The summed E-state index contributed by atoms with van der Waals surface area (Å²) in [5.74, 6) is 1.02. The van der Waals surface area contributed by atoms with E-state index in [1.807, 2.05) is 36.4 Å². The smallest absolute Gasteiger partial charge is 0.129 e. The molecule has 0 bridgehead atoms. The molecule has 4 nitrogen and oxygen atoms in total. The topological polar surface area (TPSA) is 43.2 Å². The highest BCUT2D eigenvalue weighted by Gasteiger charge is 2.18. The summed E-state index contributed by atoms with van der Waals surface area (Å²) in [5, 5.41) is 10.8. The fourth-order valence-electron chi connectivity index (χ4n) is 3.39. The Balaban J connectivity index is 1.41. The van der Waals surface area contributed by atoms with Gasteiger partial charge in [-0.2, -0.15) is 5.26 Å². The van der Waals surface area contributed by atoms with E-state index in [1.54, 1.807) is 0 Å². The molecule has 0 amide bonds. The second-order valence-electron chi connectivity index (χ2n) is 6.58. The van der Waals surface area contributed by atoms with Gasteiger partial charge >= 0.3 is 0 Å². The van der Waals surface area contributed by atoms with Crippen LogP contribution in [-0.2, 0) is 6.54 Å². The number of aromatic nitrogens is 1. The number of hydrogen-bond donors (Lipinski definition) is 0. The predicted molar refractivity (Wildman–Crippen MR) is 105 cm³/mol. The van der Waals surface area contributed by atoms with Gasteiger partial charge in [0.2, 0.25) is 0 Å². The Labute approximate surface area is 158 Å². The number of halogens is 1. The lowest BCUT2D eigenvalue weighted by Gasteiger charge is -2.35. The van der Waals surface area contributed by atoms with Crippen LogP contribution in [-0.4, -0.2) is 36.1 Å². The van der Waals surface area contributed by atoms with Crippen molar-refractivity contribution in [2.75, 3.05) is 31.1 Å². The first-order chi connectivity index (χ1) is 12.7. The average molecular weight is 363 g/mol. The van der Waals surface area contributed by atoms with E-state index in [4.69, 9.17) is 21.8 Å². The molecule has 1 aliphatic rings. The number of pyridine rings is 1. The zero-order chi connectivity index (χ0) is 17.9. The second-order valence-corrected chi connectivity index (χ2v) is 7.02. The monoisotopic (exact) mass is 362 g/mol. The van der Waals surface area contributed by atoms with Gasteiger partial charge in [-0.05, 0) is 48.0 Å². The van der Waals surface area contributed by atoms with E-state index in [0.717, 1.165) is 60.0 Å². The summed E-state index contributed by atoms with van der Waals surface area (Å²) in [7, 11) is 0. The largest absolute Gasteiger partial charge is 0.354 e. The first-order valence-electron chi connectivity index (χ1n) is 8.74. The molecule has 26 heavy (non-hydrogen) atoms. The van der Waals surface area contributed by atoms with Crippen LogP contribution in [0.5, 0.6) is 0 Å². The summed E-state index contributed by atoms with van der Waals surface area (Å²) in [6.07, 6.45) is 0. The van der Waals surface area contributed by atoms with Crippen LogP contribution in [0.3, 0.4) is 0 Å². The minimum absolute atomic E-state index is 0.724. The minimum atomic E-state index is 0.724. The van der Waals surface area contributed by atoms with E-state index in [1.165, 1.54) is 5.56 Å². The molecule has 0 N–H and O–H groups in total. The molecule has 0 atom stereocenters. The van der Waals surface area contributed by atoms with Crippen LogP contribution < -0.4 is 4.90 Å². The zero-order valence-electron chi connectivity index (χ0n) is 14.4. The first kappa shape index (κ1) is 16.8. The van der Waals surface area contributed by atoms with Gasteiger partial charge in [0.15, 0.2) is 0 Å². The number of piperazine rings is 1. The summed E-state index contributed by atoms with van der Waals surface area (Å²) in [6, 6.07) is 20.0. The molecule has 4 rings (SSSR count). The summed E-state index contributed by atoms with van der Waals surface area (Å²) >= 11 is 6.05. The van der Waals surface area contributed by atoms with E-state index in [2.05, 4.69) is 34.1 Å². The Morgan fingerprint density at radius 3 is 2.65 bits per heavy atom. The van der Waals surface area contributed by atoms with Gasteiger partial charge in [-0.1, -0.05) is 23.7 Å². The van der Waals surface area contributed by atoms with Gasteiger partial charge in [0.1, 0.15) is 5.82 Å². The quantitative estimate of drug-likeness (QED) is 0.704.